The van der Waals surface area contributed by atoms with E-state index in [1.807, 2.05) is 18.2 Å². The Morgan fingerprint density at radius 2 is 2.10 bits per heavy atom. The van der Waals surface area contributed by atoms with Crippen molar-refractivity contribution in [2.75, 3.05) is 0 Å². The second-order valence-corrected chi connectivity index (χ2v) is 5.59. The molecule has 2 rings (SSSR count). The van der Waals surface area contributed by atoms with E-state index in [0.717, 1.165) is 10.0 Å². The number of halogens is 1. The maximum Gasteiger partial charge on any atom is 0.253 e. The number of carbonyl (C=O) groups excluding carboxylic acids is 1. The fourth-order valence-corrected chi connectivity index (χ4v) is 2.17. The maximum atomic E-state index is 12.0. The van der Waals surface area contributed by atoms with Crippen molar-refractivity contribution >= 4 is 21.8 Å². The van der Waals surface area contributed by atoms with Gasteiger partial charge >= 0.3 is 0 Å². The Balaban J connectivity index is 2.03. The van der Waals surface area contributed by atoms with E-state index in [9.17, 15) is 9.90 Å². The first-order valence-corrected chi connectivity index (χ1v) is 7.13. The van der Waals surface area contributed by atoms with Crippen molar-refractivity contribution in [2.45, 2.75) is 19.1 Å². The number of aliphatic hydroxyl groups is 1. The van der Waals surface area contributed by atoms with Crippen LogP contribution in [0.2, 0.25) is 0 Å². The van der Waals surface area contributed by atoms with Gasteiger partial charge in [-0.1, -0.05) is 28.1 Å². The average molecular weight is 348 g/mol. The monoisotopic (exact) mass is 347 g/mol. The Kier molecular flexibility index (Phi) is 4.78. The Labute approximate surface area is 130 Å². The Morgan fingerprint density at radius 3 is 2.67 bits per heavy atom. The SMILES string of the molecule is CC(NC(=O)c1c[nH]c(C#N)c1)C(O)c1ccc(Br)cc1. The van der Waals surface area contributed by atoms with Crippen LogP contribution in [0.3, 0.4) is 0 Å². The van der Waals surface area contributed by atoms with Crippen molar-refractivity contribution < 1.29 is 9.90 Å². The van der Waals surface area contributed by atoms with Crippen molar-refractivity contribution in [2.24, 2.45) is 0 Å². The summed E-state index contributed by atoms with van der Waals surface area (Å²) in [6.45, 7) is 1.72. The molecule has 0 fully saturated rings. The van der Waals surface area contributed by atoms with Crippen molar-refractivity contribution in [3.8, 4) is 6.07 Å². The number of carbonyl (C=O) groups is 1. The van der Waals surface area contributed by atoms with Crippen LogP contribution in [0.5, 0.6) is 0 Å². The first-order valence-electron chi connectivity index (χ1n) is 6.34. The first kappa shape index (κ1) is 15.3. The summed E-state index contributed by atoms with van der Waals surface area (Å²) in [5.74, 6) is -0.337. The van der Waals surface area contributed by atoms with Crippen LogP contribution >= 0.6 is 15.9 Å². The molecular formula is C15H14BrN3O2. The number of nitrogens with zero attached hydrogens (tertiary/aromatic N) is 1. The molecule has 1 aromatic heterocycles. The van der Waals surface area contributed by atoms with Crippen LogP contribution in [0.4, 0.5) is 0 Å². The van der Waals surface area contributed by atoms with E-state index >= 15 is 0 Å². The number of amides is 1. The van der Waals surface area contributed by atoms with E-state index in [4.69, 9.17) is 5.26 Å². The third-order valence-corrected chi connectivity index (χ3v) is 3.64. The zero-order chi connectivity index (χ0) is 15.4. The number of aromatic nitrogens is 1. The molecule has 21 heavy (non-hydrogen) atoms. The zero-order valence-corrected chi connectivity index (χ0v) is 12.9. The largest absolute Gasteiger partial charge is 0.386 e. The number of aliphatic hydroxyl groups excluding tert-OH is 1. The summed E-state index contributed by atoms with van der Waals surface area (Å²) in [4.78, 5) is 14.7. The molecule has 2 atom stereocenters. The molecule has 5 nitrogen and oxygen atoms in total. The molecule has 0 aliphatic carbocycles. The number of benzene rings is 1. The first-order chi connectivity index (χ1) is 10.0. The van der Waals surface area contributed by atoms with Crippen molar-refractivity contribution in [1.82, 2.24) is 10.3 Å². The maximum absolute atomic E-state index is 12.0. The molecule has 1 heterocycles. The lowest BCUT2D eigenvalue weighted by Crippen LogP contribution is -2.36. The number of nitriles is 1. The molecule has 2 aromatic rings. The summed E-state index contributed by atoms with van der Waals surface area (Å²) in [6, 6.07) is 10.2. The number of rotatable bonds is 4. The van der Waals surface area contributed by atoms with Crippen molar-refractivity contribution in [3.05, 3.63) is 57.8 Å². The van der Waals surface area contributed by atoms with E-state index < -0.39 is 12.1 Å². The highest BCUT2D eigenvalue weighted by Crippen LogP contribution is 2.19. The summed E-state index contributed by atoms with van der Waals surface area (Å²) in [7, 11) is 0. The Bertz CT molecular complexity index is 673. The van der Waals surface area contributed by atoms with E-state index in [1.54, 1.807) is 19.1 Å². The highest BCUT2D eigenvalue weighted by molar-refractivity contribution is 9.10. The second-order valence-electron chi connectivity index (χ2n) is 4.67. The minimum absolute atomic E-state index is 0.321. The second kappa shape index (κ2) is 6.57. The van der Waals surface area contributed by atoms with Gasteiger partial charge in [-0.05, 0) is 30.7 Å². The molecule has 0 spiro atoms. The number of hydrogen-bond acceptors (Lipinski definition) is 3. The van der Waals surface area contributed by atoms with Gasteiger partial charge in [0.05, 0.1) is 17.7 Å². The molecular weight excluding hydrogens is 334 g/mol. The summed E-state index contributed by atoms with van der Waals surface area (Å²) < 4.78 is 0.923. The highest BCUT2D eigenvalue weighted by atomic mass is 79.9. The fourth-order valence-electron chi connectivity index (χ4n) is 1.91. The normalized spacial score (nSPS) is 13.2. The minimum Gasteiger partial charge on any atom is -0.386 e. The van der Waals surface area contributed by atoms with E-state index in [2.05, 4.69) is 26.2 Å². The summed E-state index contributed by atoms with van der Waals surface area (Å²) >= 11 is 3.33. The van der Waals surface area contributed by atoms with Crippen LogP contribution in [-0.2, 0) is 0 Å². The van der Waals surface area contributed by atoms with E-state index in [-0.39, 0.29) is 5.91 Å². The summed E-state index contributed by atoms with van der Waals surface area (Å²) in [6.07, 6.45) is 0.656. The van der Waals surface area contributed by atoms with E-state index in [1.165, 1.54) is 12.3 Å². The number of H-pyrrole nitrogens is 1. The number of nitrogens with one attached hydrogen (secondary N) is 2. The number of hydrogen-bond donors (Lipinski definition) is 3. The smallest absolute Gasteiger partial charge is 0.253 e. The molecule has 0 saturated carbocycles. The van der Waals surface area contributed by atoms with Gasteiger partial charge in [-0.2, -0.15) is 5.26 Å². The van der Waals surface area contributed by atoms with Gasteiger partial charge in [0.25, 0.3) is 5.91 Å². The van der Waals surface area contributed by atoms with Crippen molar-refractivity contribution in [1.29, 1.82) is 5.26 Å². The average Bonchev–Trinajstić information content (AvgIpc) is 2.96. The van der Waals surface area contributed by atoms with Gasteiger partial charge in [-0.15, -0.1) is 0 Å². The van der Waals surface area contributed by atoms with Crippen LogP contribution in [-0.4, -0.2) is 22.0 Å². The van der Waals surface area contributed by atoms with Gasteiger partial charge in [0, 0.05) is 10.7 Å². The lowest BCUT2D eigenvalue weighted by Gasteiger charge is -2.20. The highest BCUT2D eigenvalue weighted by Gasteiger charge is 2.19. The lowest BCUT2D eigenvalue weighted by atomic mass is 10.0. The van der Waals surface area contributed by atoms with Crippen LogP contribution in [0.15, 0.2) is 41.0 Å². The van der Waals surface area contributed by atoms with Gasteiger partial charge in [0.2, 0.25) is 0 Å². The van der Waals surface area contributed by atoms with Gasteiger partial charge in [-0.25, -0.2) is 0 Å². The standard InChI is InChI=1S/C15H14BrN3O2/c1-9(14(20)10-2-4-12(16)5-3-10)19-15(21)11-6-13(7-17)18-8-11/h2-6,8-9,14,18,20H,1H3,(H,19,21). The molecule has 0 aliphatic heterocycles. The Hall–Kier alpha value is -2.10. The lowest BCUT2D eigenvalue weighted by molar-refractivity contribution is 0.0852. The fraction of sp³-hybridized carbons (Fsp3) is 0.200. The predicted octanol–water partition coefficient (Wildman–Crippen LogP) is 2.50. The zero-order valence-electron chi connectivity index (χ0n) is 11.3. The topological polar surface area (TPSA) is 88.9 Å². The van der Waals surface area contributed by atoms with Crippen molar-refractivity contribution in [3.63, 3.8) is 0 Å². The Morgan fingerprint density at radius 1 is 1.43 bits per heavy atom. The van der Waals surface area contributed by atoms with Gasteiger partial charge in [0.1, 0.15) is 11.8 Å². The molecule has 0 bridgehead atoms. The molecule has 2 unspecified atom stereocenters. The predicted molar refractivity (Wildman–Crippen MR) is 81.5 cm³/mol. The molecule has 0 saturated heterocycles. The minimum atomic E-state index is -0.809. The molecule has 1 amide bonds. The van der Waals surface area contributed by atoms with Gasteiger partial charge in [0.15, 0.2) is 0 Å². The van der Waals surface area contributed by atoms with Crippen LogP contribution in [0.25, 0.3) is 0 Å². The quantitative estimate of drug-likeness (QED) is 0.793. The van der Waals surface area contributed by atoms with Gasteiger partial charge < -0.3 is 15.4 Å². The third kappa shape index (κ3) is 3.72. The molecule has 1 aromatic carbocycles. The van der Waals surface area contributed by atoms with Crippen LogP contribution in [0.1, 0.15) is 34.6 Å². The van der Waals surface area contributed by atoms with E-state index in [0.29, 0.717) is 11.3 Å². The molecule has 3 N–H and O–H groups in total. The number of aromatic amines is 1. The molecule has 108 valence electrons. The van der Waals surface area contributed by atoms with Gasteiger partial charge in [-0.3, -0.25) is 4.79 Å². The molecule has 0 aliphatic rings. The van der Waals surface area contributed by atoms with Crippen LogP contribution in [0, 0.1) is 11.3 Å². The summed E-state index contributed by atoms with van der Waals surface area (Å²) in [5, 5.41) is 21.7. The third-order valence-electron chi connectivity index (χ3n) is 3.11. The summed E-state index contributed by atoms with van der Waals surface area (Å²) in [5.41, 5.74) is 1.40. The van der Waals surface area contributed by atoms with Crippen LogP contribution < -0.4 is 5.32 Å². The molecule has 6 heteroatoms. The molecule has 0 radical (unpaired) electrons.